The van der Waals surface area contributed by atoms with E-state index < -0.39 is 24.3 Å². The number of Topliss-reactive ketones (excluding diaryl/α,β-unsaturated/α-hetero) is 1. The van der Waals surface area contributed by atoms with Crippen molar-refractivity contribution in [3.05, 3.63) is 71.8 Å². The maximum absolute atomic E-state index is 13.7. The van der Waals surface area contributed by atoms with Crippen LogP contribution in [0.25, 0.3) is 0 Å². The lowest BCUT2D eigenvalue weighted by Gasteiger charge is -2.31. The van der Waals surface area contributed by atoms with Crippen LogP contribution < -0.4 is 10.6 Å². The number of carbonyl (C=O) groups is 4. The molecule has 230 valence electrons. The average molecular weight is 582 g/mol. The first-order valence-electron chi connectivity index (χ1n) is 15.0. The molecule has 0 saturated carbocycles. The van der Waals surface area contributed by atoms with Gasteiger partial charge in [-0.15, -0.1) is 0 Å². The Balaban J connectivity index is 2.07. The fourth-order valence-corrected chi connectivity index (χ4v) is 4.79. The summed E-state index contributed by atoms with van der Waals surface area (Å²) >= 11 is 0. The highest BCUT2D eigenvalue weighted by Crippen LogP contribution is 2.23. The lowest BCUT2D eigenvalue weighted by atomic mass is 9.95. The van der Waals surface area contributed by atoms with Crippen LogP contribution in [-0.4, -0.2) is 59.6 Å². The van der Waals surface area contributed by atoms with E-state index in [1.54, 1.807) is 4.90 Å². The van der Waals surface area contributed by atoms with Gasteiger partial charge in [-0.25, -0.2) is 9.59 Å². The molecule has 0 spiro atoms. The highest BCUT2D eigenvalue weighted by Gasteiger charge is 2.28. The smallest absolute Gasteiger partial charge is 0.408 e. The molecule has 0 aromatic heterocycles. The van der Waals surface area contributed by atoms with Gasteiger partial charge in [-0.05, 0) is 42.7 Å². The van der Waals surface area contributed by atoms with Gasteiger partial charge in [0.2, 0.25) is 5.91 Å². The molecule has 3 atom stereocenters. The summed E-state index contributed by atoms with van der Waals surface area (Å²) in [7, 11) is 0. The summed E-state index contributed by atoms with van der Waals surface area (Å²) in [5.74, 6) is -0.294. The highest BCUT2D eigenvalue weighted by atomic mass is 16.6. The molecule has 3 amide bonds. The molecule has 9 nitrogen and oxygen atoms in total. The summed E-state index contributed by atoms with van der Waals surface area (Å²) in [6, 6.07) is 18.4. The topological polar surface area (TPSA) is 125 Å². The van der Waals surface area contributed by atoms with E-state index in [0.29, 0.717) is 31.7 Å². The minimum absolute atomic E-state index is 0.0122. The Labute approximate surface area is 250 Å². The van der Waals surface area contributed by atoms with Crippen molar-refractivity contribution in [2.45, 2.75) is 84.3 Å². The molecule has 2 rings (SSSR count). The van der Waals surface area contributed by atoms with Crippen molar-refractivity contribution in [2.75, 3.05) is 19.6 Å². The Morgan fingerprint density at radius 1 is 0.881 bits per heavy atom. The SMILES string of the molecule is CCCC(OC(=O)NCC(=O)CCN(C[C@@H](CC)c1ccccc1)C(=O)C(CCC(C)C)NC(=O)O)c1ccccc1. The Kier molecular flexibility index (Phi) is 15.1. The van der Waals surface area contributed by atoms with Gasteiger partial charge in [0.05, 0.1) is 6.54 Å². The lowest BCUT2D eigenvalue weighted by molar-refractivity contribution is -0.134. The number of ether oxygens (including phenoxy) is 1. The van der Waals surface area contributed by atoms with Crippen LogP contribution in [0.15, 0.2) is 60.7 Å². The summed E-state index contributed by atoms with van der Waals surface area (Å²) in [5, 5.41) is 14.3. The third-order valence-electron chi connectivity index (χ3n) is 7.21. The molecule has 3 N–H and O–H groups in total. The molecule has 0 fully saturated rings. The molecule has 0 bridgehead atoms. The first-order valence-corrected chi connectivity index (χ1v) is 15.0. The molecule has 2 aromatic carbocycles. The fourth-order valence-electron chi connectivity index (χ4n) is 4.79. The molecule has 0 aliphatic rings. The molecule has 0 aliphatic carbocycles. The minimum atomic E-state index is -1.26. The molecular weight excluding hydrogens is 534 g/mol. The number of hydrogen-bond acceptors (Lipinski definition) is 5. The zero-order valence-electron chi connectivity index (χ0n) is 25.4. The number of rotatable bonds is 18. The predicted molar refractivity (Wildman–Crippen MR) is 163 cm³/mol. The largest absolute Gasteiger partial charge is 0.465 e. The van der Waals surface area contributed by atoms with Gasteiger partial charge in [-0.2, -0.15) is 0 Å². The van der Waals surface area contributed by atoms with Crippen molar-refractivity contribution in [1.29, 1.82) is 0 Å². The van der Waals surface area contributed by atoms with Gasteiger partial charge in [-0.3, -0.25) is 9.59 Å². The van der Waals surface area contributed by atoms with Crippen LogP contribution in [0.1, 0.15) is 89.4 Å². The Morgan fingerprint density at radius 3 is 2.05 bits per heavy atom. The van der Waals surface area contributed by atoms with Gasteiger partial charge < -0.3 is 25.4 Å². The Bertz CT molecular complexity index is 1110. The summed E-state index contributed by atoms with van der Waals surface area (Å²) < 4.78 is 5.59. The fraction of sp³-hybridized carbons (Fsp3) is 0.515. The zero-order chi connectivity index (χ0) is 30.9. The van der Waals surface area contributed by atoms with Gasteiger partial charge in [0.25, 0.3) is 0 Å². The third-order valence-corrected chi connectivity index (χ3v) is 7.21. The molecule has 2 aromatic rings. The maximum atomic E-state index is 13.7. The molecule has 0 radical (unpaired) electrons. The van der Waals surface area contributed by atoms with E-state index in [1.807, 2.05) is 88.4 Å². The molecule has 2 unspecified atom stereocenters. The van der Waals surface area contributed by atoms with E-state index in [4.69, 9.17) is 4.74 Å². The van der Waals surface area contributed by atoms with Crippen molar-refractivity contribution >= 4 is 23.9 Å². The second kappa shape index (κ2) is 18.5. The molecule has 0 saturated heterocycles. The van der Waals surface area contributed by atoms with Gasteiger partial charge in [-0.1, -0.05) is 94.8 Å². The number of nitrogens with zero attached hydrogens (tertiary/aromatic N) is 1. The van der Waals surface area contributed by atoms with Crippen molar-refractivity contribution < 1.29 is 29.0 Å². The summed E-state index contributed by atoms with van der Waals surface area (Å²) in [4.78, 5) is 52.1. The van der Waals surface area contributed by atoms with Crippen molar-refractivity contribution in [1.82, 2.24) is 15.5 Å². The molecule has 0 heterocycles. The zero-order valence-corrected chi connectivity index (χ0v) is 25.4. The van der Waals surface area contributed by atoms with Gasteiger partial charge in [0.1, 0.15) is 12.1 Å². The van der Waals surface area contributed by atoms with Gasteiger partial charge in [0.15, 0.2) is 5.78 Å². The van der Waals surface area contributed by atoms with E-state index in [1.165, 1.54) is 0 Å². The monoisotopic (exact) mass is 581 g/mol. The number of alkyl carbamates (subject to hydrolysis) is 1. The first-order chi connectivity index (χ1) is 20.1. The van der Waals surface area contributed by atoms with Crippen molar-refractivity contribution in [3.8, 4) is 0 Å². The van der Waals surface area contributed by atoms with Crippen LogP contribution >= 0.6 is 0 Å². The third kappa shape index (κ3) is 12.3. The first kappa shape index (κ1) is 34.3. The second-order valence-electron chi connectivity index (χ2n) is 11.0. The van der Waals surface area contributed by atoms with Crippen LogP contribution in [0, 0.1) is 5.92 Å². The number of amides is 3. The van der Waals surface area contributed by atoms with Gasteiger partial charge >= 0.3 is 12.2 Å². The van der Waals surface area contributed by atoms with E-state index in [0.717, 1.165) is 24.0 Å². The van der Waals surface area contributed by atoms with Crippen LogP contribution in [0.2, 0.25) is 0 Å². The summed E-state index contributed by atoms with van der Waals surface area (Å²) in [6.45, 7) is 8.31. The highest BCUT2D eigenvalue weighted by molar-refractivity contribution is 5.87. The number of benzene rings is 2. The van der Waals surface area contributed by atoms with Crippen LogP contribution in [0.5, 0.6) is 0 Å². The summed E-state index contributed by atoms with van der Waals surface area (Å²) in [5.41, 5.74) is 1.96. The normalized spacial score (nSPS) is 13.1. The second-order valence-corrected chi connectivity index (χ2v) is 11.0. The van der Waals surface area contributed by atoms with E-state index in [-0.39, 0.29) is 37.1 Å². The number of ketones is 1. The van der Waals surface area contributed by atoms with Gasteiger partial charge in [0, 0.05) is 25.4 Å². The number of carbonyl (C=O) groups excluding carboxylic acids is 3. The number of hydrogen-bond donors (Lipinski definition) is 3. The molecule has 42 heavy (non-hydrogen) atoms. The van der Waals surface area contributed by atoms with Crippen LogP contribution in [-0.2, 0) is 14.3 Å². The van der Waals surface area contributed by atoms with E-state index in [2.05, 4.69) is 10.6 Å². The Hall–Kier alpha value is -3.88. The van der Waals surface area contributed by atoms with E-state index >= 15 is 0 Å². The standard InChI is InChI=1S/C33H47N3O6/c1-5-13-30(27-16-11-8-12-17-27)42-33(41)34-22-28(37)20-21-36(23-25(6-2)26-14-9-7-10-15-26)31(38)29(35-32(39)40)19-18-24(3)4/h7-12,14-17,24-25,29-30,35H,5-6,13,18-23H2,1-4H3,(H,34,41)(H,39,40)/t25-,29?,30?/m1/s1. The maximum Gasteiger partial charge on any atom is 0.408 e. The predicted octanol–water partition coefficient (Wildman–Crippen LogP) is 6.31. The lowest BCUT2D eigenvalue weighted by Crippen LogP contribution is -2.50. The van der Waals surface area contributed by atoms with E-state index in [9.17, 15) is 24.3 Å². The Morgan fingerprint density at radius 2 is 1.50 bits per heavy atom. The van der Waals surface area contributed by atoms with Crippen LogP contribution in [0.3, 0.4) is 0 Å². The average Bonchev–Trinajstić information content (AvgIpc) is 2.98. The number of carboxylic acid groups (broad SMARTS) is 1. The van der Waals surface area contributed by atoms with Crippen LogP contribution in [0.4, 0.5) is 9.59 Å². The quantitative estimate of drug-likeness (QED) is 0.190. The minimum Gasteiger partial charge on any atom is -0.465 e. The molecular formula is C33H47N3O6. The van der Waals surface area contributed by atoms with Crippen molar-refractivity contribution in [3.63, 3.8) is 0 Å². The molecule has 0 aliphatic heterocycles. The molecule has 9 heteroatoms. The number of nitrogens with one attached hydrogen (secondary N) is 2. The van der Waals surface area contributed by atoms with Crippen molar-refractivity contribution in [2.24, 2.45) is 5.92 Å². The summed E-state index contributed by atoms with van der Waals surface area (Å²) in [6.07, 6.45) is 0.952.